The first-order valence-corrected chi connectivity index (χ1v) is 5.86. The predicted molar refractivity (Wildman–Crippen MR) is 60.1 cm³/mol. The van der Waals surface area contributed by atoms with Gasteiger partial charge in [0.2, 0.25) is 5.91 Å². The molecule has 0 radical (unpaired) electrons. The molecule has 5 heteroatoms. The maximum Gasteiger partial charge on any atom is 0.305 e. The second-order valence-electron chi connectivity index (χ2n) is 4.09. The fourth-order valence-electron chi connectivity index (χ4n) is 1.98. The predicted octanol–water partition coefficient (Wildman–Crippen LogP) is 0.309. The standard InChI is InChI=1S/C11H20N2O3/c1-2-13(8-5-10(14)15)11(16)9-3-6-12-7-4-9/h9,12H,2-8H2,1H3,(H,14,15). The van der Waals surface area contributed by atoms with Crippen molar-refractivity contribution in [3.05, 3.63) is 0 Å². The van der Waals surface area contributed by atoms with Crippen LogP contribution >= 0.6 is 0 Å². The summed E-state index contributed by atoms with van der Waals surface area (Å²) in [7, 11) is 0. The third-order valence-corrected chi connectivity index (χ3v) is 2.98. The number of aliphatic carboxylic acids is 1. The van der Waals surface area contributed by atoms with Crippen molar-refractivity contribution in [2.75, 3.05) is 26.2 Å². The van der Waals surface area contributed by atoms with Crippen molar-refractivity contribution in [1.29, 1.82) is 0 Å². The van der Waals surface area contributed by atoms with Crippen molar-refractivity contribution in [2.24, 2.45) is 5.92 Å². The van der Waals surface area contributed by atoms with Gasteiger partial charge in [-0.2, -0.15) is 0 Å². The lowest BCUT2D eigenvalue weighted by Crippen LogP contribution is -2.41. The molecule has 1 aliphatic heterocycles. The Bertz CT molecular complexity index is 250. The Hall–Kier alpha value is -1.10. The number of carbonyl (C=O) groups excluding carboxylic acids is 1. The molecule has 0 aromatic carbocycles. The minimum atomic E-state index is -0.850. The van der Waals surface area contributed by atoms with Crippen LogP contribution in [-0.4, -0.2) is 48.1 Å². The van der Waals surface area contributed by atoms with E-state index in [1.165, 1.54) is 0 Å². The van der Waals surface area contributed by atoms with E-state index in [4.69, 9.17) is 5.11 Å². The zero-order valence-corrected chi connectivity index (χ0v) is 9.74. The summed E-state index contributed by atoms with van der Waals surface area (Å²) in [5.74, 6) is -0.656. The monoisotopic (exact) mass is 228 g/mol. The first-order chi connectivity index (χ1) is 7.65. The third kappa shape index (κ3) is 3.81. The molecule has 1 rings (SSSR count). The van der Waals surface area contributed by atoms with E-state index >= 15 is 0 Å². The Morgan fingerprint density at radius 1 is 1.38 bits per heavy atom. The van der Waals surface area contributed by atoms with Gasteiger partial charge in [0.25, 0.3) is 0 Å². The minimum absolute atomic E-state index is 0.0323. The molecule has 1 fully saturated rings. The van der Waals surface area contributed by atoms with Crippen LogP contribution in [0.4, 0.5) is 0 Å². The SMILES string of the molecule is CCN(CCC(=O)O)C(=O)C1CCNCC1. The summed E-state index contributed by atoms with van der Waals surface area (Å²) in [6, 6.07) is 0. The van der Waals surface area contributed by atoms with Crippen molar-refractivity contribution in [3.8, 4) is 0 Å². The van der Waals surface area contributed by atoms with Gasteiger partial charge >= 0.3 is 5.97 Å². The van der Waals surface area contributed by atoms with E-state index < -0.39 is 5.97 Å². The molecule has 0 saturated carbocycles. The van der Waals surface area contributed by atoms with Crippen molar-refractivity contribution in [3.63, 3.8) is 0 Å². The van der Waals surface area contributed by atoms with Gasteiger partial charge in [-0.3, -0.25) is 9.59 Å². The average molecular weight is 228 g/mol. The number of carboxylic acid groups (broad SMARTS) is 1. The molecule has 0 aliphatic carbocycles. The van der Waals surface area contributed by atoms with Gasteiger partial charge in [-0.25, -0.2) is 0 Å². The number of rotatable bonds is 5. The molecule has 1 saturated heterocycles. The molecule has 2 N–H and O–H groups in total. The molecule has 1 amide bonds. The lowest BCUT2D eigenvalue weighted by Gasteiger charge is -2.28. The minimum Gasteiger partial charge on any atom is -0.481 e. The number of carboxylic acids is 1. The maximum atomic E-state index is 12.0. The lowest BCUT2D eigenvalue weighted by atomic mass is 9.96. The number of hydrogen-bond acceptors (Lipinski definition) is 3. The van der Waals surface area contributed by atoms with Gasteiger partial charge in [0, 0.05) is 19.0 Å². The summed E-state index contributed by atoms with van der Waals surface area (Å²) < 4.78 is 0. The first kappa shape index (κ1) is 13.0. The summed E-state index contributed by atoms with van der Waals surface area (Å²) >= 11 is 0. The van der Waals surface area contributed by atoms with Crippen molar-refractivity contribution in [1.82, 2.24) is 10.2 Å². The smallest absolute Gasteiger partial charge is 0.305 e. The van der Waals surface area contributed by atoms with Gasteiger partial charge in [-0.15, -0.1) is 0 Å². The highest BCUT2D eigenvalue weighted by Crippen LogP contribution is 2.15. The summed E-state index contributed by atoms with van der Waals surface area (Å²) in [4.78, 5) is 24.2. The Morgan fingerprint density at radius 3 is 2.50 bits per heavy atom. The number of piperidine rings is 1. The summed E-state index contributed by atoms with van der Waals surface area (Å²) in [6.07, 6.45) is 1.76. The van der Waals surface area contributed by atoms with E-state index in [0.29, 0.717) is 13.1 Å². The zero-order valence-electron chi connectivity index (χ0n) is 9.74. The normalized spacial score (nSPS) is 17.1. The van der Waals surface area contributed by atoms with Crippen LogP contribution in [0.1, 0.15) is 26.2 Å². The Morgan fingerprint density at radius 2 is 2.00 bits per heavy atom. The van der Waals surface area contributed by atoms with Crippen LogP contribution < -0.4 is 5.32 Å². The van der Waals surface area contributed by atoms with Gasteiger partial charge in [0.05, 0.1) is 6.42 Å². The molecule has 0 bridgehead atoms. The number of nitrogens with zero attached hydrogens (tertiary/aromatic N) is 1. The zero-order chi connectivity index (χ0) is 12.0. The molecule has 92 valence electrons. The van der Waals surface area contributed by atoms with E-state index in [1.54, 1.807) is 4.90 Å². The maximum absolute atomic E-state index is 12.0. The summed E-state index contributed by atoms with van der Waals surface area (Å²) in [6.45, 7) is 4.57. The van der Waals surface area contributed by atoms with Gasteiger partial charge < -0.3 is 15.3 Å². The molecule has 0 atom stereocenters. The lowest BCUT2D eigenvalue weighted by molar-refractivity contribution is -0.140. The fourth-order valence-corrected chi connectivity index (χ4v) is 1.98. The number of amides is 1. The molecule has 0 aromatic heterocycles. The summed E-state index contributed by atoms with van der Waals surface area (Å²) in [5, 5.41) is 11.8. The van der Waals surface area contributed by atoms with Crippen LogP contribution in [0, 0.1) is 5.92 Å². The molecule has 0 unspecified atom stereocenters. The van der Waals surface area contributed by atoms with Crippen molar-refractivity contribution in [2.45, 2.75) is 26.2 Å². The van der Waals surface area contributed by atoms with Crippen LogP contribution in [0.2, 0.25) is 0 Å². The molecular formula is C11H20N2O3. The molecule has 0 aromatic rings. The molecule has 16 heavy (non-hydrogen) atoms. The fraction of sp³-hybridized carbons (Fsp3) is 0.818. The Balaban J connectivity index is 2.44. The van der Waals surface area contributed by atoms with E-state index in [0.717, 1.165) is 25.9 Å². The van der Waals surface area contributed by atoms with E-state index in [-0.39, 0.29) is 18.2 Å². The first-order valence-electron chi connectivity index (χ1n) is 5.86. The van der Waals surface area contributed by atoms with Gasteiger partial charge in [-0.05, 0) is 32.9 Å². The second-order valence-corrected chi connectivity index (χ2v) is 4.09. The van der Waals surface area contributed by atoms with Crippen LogP contribution in [0.25, 0.3) is 0 Å². The Labute approximate surface area is 95.8 Å². The van der Waals surface area contributed by atoms with Crippen molar-refractivity contribution < 1.29 is 14.7 Å². The number of hydrogen-bond donors (Lipinski definition) is 2. The van der Waals surface area contributed by atoms with Gasteiger partial charge in [0.1, 0.15) is 0 Å². The number of carbonyl (C=O) groups is 2. The van der Waals surface area contributed by atoms with Crippen LogP contribution in [0.3, 0.4) is 0 Å². The van der Waals surface area contributed by atoms with E-state index in [9.17, 15) is 9.59 Å². The van der Waals surface area contributed by atoms with Gasteiger partial charge in [0.15, 0.2) is 0 Å². The van der Waals surface area contributed by atoms with Crippen LogP contribution in [-0.2, 0) is 9.59 Å². The molecule has 0 spiro atoms. The topological polar surface area (TPSA) is 69.6 Å². The highest BCUT2D eigenvalue weighted by molar-refractivity contribution is 5.79. The second kappa shape index (κ2) is 6.48. The molecule has 1 aliphatic rings. The highest BCUT2D eigenvalue weighted by Gasteiger charge is 2.25. The third-order valence-electron chi connectivity index (χ3n) is 2.98. The van der Waals surface area contributed by atoms with Crippen LogP contribution in [0.15, 0.2) is 0 Å². The molecule has 1 heterocycles. The highest BCUT2D eigenvalue weighted by atomic mass is 16.4. The van der Waals surface area contributed by atoms with Crippen LogP contribution in [0.5, 0.6) is 0 Å². The number of nitrogens with one attached hydrogen (secondary N) is 1. The quantitative estimate of drug-likeness (QED) is 0.710. The Kier molecular flexibility index (Phi) is 5.25. The van der Waals surface area contributed by atoms with Gasteiger partial charge in [-0.1, -0.05) is 0 Å². The largest absolute Gasteiger partial charge is 0.481 e. The van der Waals surface area contributed by atoms with Crippen molar-refractivity contribution >= 4 is 11.9 Å². The average Bonchev–Trinajstić information content (AvgIpc) is 2.30. The van der Waals surface area contributed by atoms with E-state index in [1.807, 2.05) is 6.92 Å². The van der Waals surface area contributed by atoms with E-state index in [2.05, 4.69) is 5.32 Å². The molecular weight excluding hydrogens is 208 g/mol. The molecule has 5 nitrogen and oxygen atoms in total. The summed E-state index contributed by atoms with van der Waals surface area (Å²) in [5.41, 5.74) is 0.